The molecule has 18 heavy (non-hydrogen) atoms. The molecular formula is C11H9Br2N3OS. The van der Waals surface area contributed by atoms with Gasteiger partial charge in [0.1, 0.15) is 9.21 Å². The maximum Gasteiger partial charge on any atom is 0.267 e. The first-order chi connectivity index (χ1) is 8.61. The molecule has 0 unspecified atom stereocenters. The zero-order valence-electron chi connectivity index (χ0n) is 9.41. The van der Waals surface area contributed by atoms with Gasteiger partial charge in [0.2, 0.25) is 0 Å². The van der Waals surface area contributed by atoms with Crippen molar-refractivity contribution in [3.63, 3.8) is 0 Å². The van der Waals surface area contributed by atoms with Crippen LogP contribution in [0, 0.1) is 0 Å². The second-order valence-electron chi connectivity index (χ2n) is 3.41. The zero-order valence-corrected chi connectivity index (χ0v) is 13.4. The van der Waals surface area contributed by atoms with Crippen LogP contribution >= 0.6 is 43.2 Å². The smallest absolute Gasteiger partial charge is 0.267 e. The fraction of sp³-hybridized carbons (Fsp3) is 0.182. The molecule has 0 saturated heterocycles. The predicted octanol–water partition coefficient (Wildman–Crippen LogP) is 3.88. The van der Waals surface area contributed by atoms with Crippen molar-refractivity contribution >= 4 is 54.9 Å². The molecule has 0 fully saturated rings. The first kappa shape index (κ1) is 13.6. The van der Waals surface area contributed by atoms with Gasteiger partial charge in [0.15, 0.2) is 5.82 Å². The van der Waals surface area contributed by atoms with Gasteiger partial charge in [-0.05, 0) is 55.3 Å². The Bertz CT molecular complexity index is 585. The summed E-state index contributed by atoms with van der Waals surface area (Å²) in [4.78, 5) is 21.0. The second kappa shape index (κ2) is 5.90. The van der Waals surface area contributed by atoms with Gasteiger partial charge in [0, 0.05) is 0 Å². The molecule has 0 spiro atoms. The Labute approximate surface area is 125 Å². The molecular weight excluding hydrogens is 382 g/mol. The lowest BCUT2D eigenvalue weighted by molar-refractivity contribution is 0.102. The minimum absolute atomic E-state index is 0.154. The number of amides is 1. The Morgan fingerprint density at radius 2 is 2.28 bits per heavy atom. The molecule has 0 aromatic carbocycles. The summed E-state index contributed by atoms with van der Waals surface area (Å²) < 4.78 is 1.11. The summed E-state index contributed by atoms with van der Waals surface area (Å²) >= 11 is 7.90. The molecule has 0 bridgehead atoms. The first-order valence-corrected chi connectivity index (χ1v) is 7.64. The van der Waals surface area contributed by atoms with Crippen molar-refractivity contribution in [3.05, 3.63) is 37.3 Å². The van der Waals surface area contributed by atoms with Gasteiger partial charge in [-0.2, -0.15) is 0 Å². The van der Waals surface area contributed by atoms with Crippen LogP contribution in [-0.4, -0.2) is 15.9 Å². The molecule has 2 aromatic heterocycles. The van der Waals surface area contributed by atoms with Crippen molar-refractivity contribution in [3.8, 4) is 0 Å². The fourth-order valence-corrected chi connectivity index (χ4v) is 3.21. The largest absolute Gasteiger partial charge is 0.304 e. The fourth-order valence-electron chi connectivity index (χ4n) is 1.41. The third-order valence-electron chi connectivity index (χ3n) is 2.27. The van der Waals surface area contributed by atoms with Crippen molar-refractivity contribution in [2.75, 3.05) is 5.32 Å². The maximum absolute atomic E-state index is 12.1. The highest BCUT2D eigenvalue weighted by molar-refractivity contribution is 9.11. The Hall–Kier alpha value is -0.790. The number of aromatic nitrogens is 2. The van der Waals surface area contributed by atoms with Gasteiger partial charge in [0.05, 0.1) is 11.1 Å². The molecule has 0 radical (unpaired) electrons. The van der Waals surface area contributed by atoms with E-state index in [9.17, 15) is 4.79 Å². The van der Waals surface area contributed by atoms with E-state index in [1.165, 1.54) is 17.5 Å². The van der Waals surface area contributed by atoms with Crippen LogP contribution in [-0.2, 0) is 6.42 Å². The number of rotatable bonds is 3. The Balaban J connectivity index is 2.21. The normalized spacial score (nSPS) is 10.4. The van der Waals surface area contributed by atoms with Gasteiger partial charge in [-0.3, -0.25) is 4.79 Å². The highest BCUT2D eigenvalue weighted by Crippen LogP contribution is 2.22. The van der Waals surface area contributed by atoms with E-state index in [2.05, 4.69) is 47.1 Å². The molecule has 0 atom stereocenters. The van der Waals surface area contributed by atoms with E-state index in [4.69, 9.17) is 0 Å². The molecule has 1 N–H and O–H groups in total. The SMILES string of the molecule is CCc1ccsc1C(=O)Nc1ncc(Br)nc1Br. The highest BCUT2D eigenvalue weighted by Gasteiger charge is 2.14. The summed E-state index contributed by atoms with van der Waals surface area (Å²) in [6, 6.07) is 1.96. The van der Waals surface area contributed by atoms with Crippen molar-refractivity contribution in [2.45, 2.75) is 13.3 Å². The Morgan fingerprint density at radius 3 is 2.94 bits per heavy atom. The van der Waals surface area contributed by atoms with Crippen molar-refractivity contribution < 1.29 is 4.79 Å². The van der Waals surface area contributed by atoms with Crippen LogP contribution in [0.25, 0.3) is 0 Å². The summed E-state index contributed by atoms with van der Waals surface area (Å²) in [6.45, 7) is 2.02. The lowest BCUT2D eigenvalue weighted by Gasteiger charge is -2.05. The lowest BCUT2D eigenvalue weighted by Crippen LogP contribution is -2.13. The summed E-state index contributed by atoms with van der Waals surface area (Å²) in [6.07, 6.45) is 2.37. The number of anilines is 1. The van der Waals surface area contributed by atoms with Crippen LogP contribution in [0.5, 0.6) is 0 Å². The highest BCUT2D eigenvalue weighted by atomic mass is 79.9. The van der Waals surface area contributed by atoms with Gasteiger partial charge < -0.3 is 5.32 Å². The molecule has 0 saturated carbocycles. The molecule has 0 aliphatic carbocycles. The average Bonchev–Trinajstić information content (AvgIpc) is 2.81. The lowest BCUT2D eigenvalue weighted by atomic mass is 10.2. The van der Waals surface area contributed by atoms with E-state index in [-0.39, 0.29) is 5.91 Å². The monoisotopic (exact) mass is 389 g/mol. The second-order valence-corrected chi connectivity index (χ2v) is 5.89. The van der Waals surface area contributed by atoms with Crippen LogP contribution in [0.3, 0.4) is 0 Å². The van der Waals surface area contributed by atoms with Gasteiger partial charge in [-0.15, -0.1) is 11.3 Å². The number of thiophene rings is 1. The number of carbonyl (C=O) groups is 1. The molecule has 0 aliphatic rings. The molecule has 94 valence electrons. The molecule has 2 rings (SSSR count). The molecule has 4 nitrogen and oxygen atoms in total. The first-order valence-electron chi connectivity index (χ1n) is 5.17. The molecule has 2 aromatic rings. The van der Waals surface area contributed by atoms with Crippen LogP contribution < -0.4 is 5.32 Å². The number of hydrogen-bond donors (Lipinski definition) is 1. The average molecular weight is 391 g/mol. The molecule has 1 amide bonds. The number of nitrogens with zero attached hydrogens (tertiary/aromatic N) is 2. The maximum atomic E-state index is 12.1. The number of halogens is 2. The van der Waals surface area contributed by atoms with Gasteiger partial charge in [-0.1, -0.05) is 6.92 Å². The summed E-state index contributed by atoms with van der Waals surface area (Å²) in [5, 5.41) is 4.66. The van der Waals surface area contributed by atoms with E-state index in [0.717, 1.165) is 12.0 Å². The topological polar surface area (TPSA) is 54.9 Å². The van der Waals surface area contributed by atoms with Crippen LogP contribution in [0.1, 0.15) is 22.2 Å². The number of hydrogen-bond acceptors (Lipinski definition) is 4. The number of nitrogens with one attached hydrogen (secondary N) is 1. The summed E-state index contributed by atoms with van der Waals surface area (Å²) in [5.41, 5.74) is 1.04. The molecule has 7 heteroatoms. The van der Waals surface area contributed by atoms with Crippen LogP contribution in [0.4, 0.5) is 5.82 Å². The molecule has 2 heterocycles. The predicted molar refractivity (Wildman–Crippen MR) is 79.1 cm³/mol. The Morgan fingerprint density at radius 1 is 1.50 bits per heavy atom. The third-order valence-corrected chi connectivity index (χ3v) is 4.16. The van der Waals surface area contributed by atoms with Crippen LogP contribution in [0.15, 0.2) is 26.8 Å². The van der Waals surface area contributed by atoms with E-state index in [0.29, 0.717) is 19.9 Å². The summed E-state index contributed by atoms with van der Waals surface area (Å²) in [5.74, 6) is 0.262. The van der Waals surface area contributed by atoms with Crippen molar-refractivity contribution in [1.29, 1.82) is 0 Å². The van der Waals surface area contributed by atoms with Crippen LogP contribution in [0.2, 0.25) is 0 Å². The van der Waals surface area contributed by atoms with E-state index >= 15 is 0 Å². The molecule has 0 aliphatic heterocycles. The quantitative estimate of drug-likeness (QED) is 0.865. The zero-order chi connectivity index (χ0) is 13.1. The minimum atomic E-state index is -0.154. The number of aryl methyl sites for hydroxylation is 1. The minimum Gasteiger partial charge on any atom is -0.304 e. The number of carbonyl (C=O) groups excluding carboxylic acids is 1. The Kier molecular flexibility index (Phi) is 4.47. The van der Waals surface area contributed by atoms with Gasteiger partial charge >= 0.3 is 0 Å². The van der Waals surface area contributed by atoms with E-state index in [1.807, 2.05) is 18.4 Å². The van der Waals surface area contributed by atoms with E-state index < -0.39 is 0 Å². The van der Waals surface area contributed by atoms with E-state index in [1.54, 1.807) is 0 Å². The van der Waals surface area contributed by atoms with Gasteiger partial charge in [0.25, 0.3) is 5.91 Å². The van der Waals surface area contributed by atoms with Crippen molar-refractivity contribution in [2.24, 2.45) is 0 Å². The van der Waals surface area contributed by atoms with Crippen molar-refractivity contribution in [1.82, 2.24) is 9.97 Å². The van der Waals surface area contributed by atoms with Gasteiger partial charge in [-0.25, -0.2) is 9.97 Å². The third kappa shape index (κ3) is 2.96. The standard InChI is InChI=1S/C11H9Br2N3OS/c1-2-6-3-4-18-8(6)11(17)16-10-9(13)15-7(12)5-14-10/h3-5H,2H2,1H3,(H,14,16,17). The summed E-state index contributed by atoms with van der Waals surface area (Å²) in [7, 11) is 0.